The van der Waals surface area contributed by atoms with E-state index in [0.717, 1.165) is 6.04 Å². The van der Waals surface area contributed by atoms with Crippen molar-refractivity contribution in [3.05, 3.63) is 35.9 Å². The van der Waals surface area contributed by atoms with Crippen molar-refractivity contribution in [1.82, 2.24) is 5.32 Å². The van der Waals surface area contributed by atoms with Crippen LogP contribution in [0.5, 0.6) is 0 Å². The van der Waals surface area contributed by atoms with Crippen molar-refractivity contribution in [2.45, 2.75) is 43.6 Å². The van der Waals surface area contributed by atoms with Gasteiger partial charge in [0.25, 0.3) is 5.91 Å². The van der Waals surface area contributed by atoms with Crippen LogP contribution in [0.15, 0.2) is 30.3 Å². The fraction of sp³-hybridized carbons (Fsp3) is 0.562. The molecule has 0 bridgehead atoms. The highest BCUT2D eigenvalue weighted by Crippen LogP contribution is 2.11. The lowest BCUT2D eigenvalue weighted by Crippen LogP contribution is -2.54. The van der Waals surface area contributed by atoms with Gasteiger partial charge in [-0.3, -0.25) is 4.79 Å². The van der Waals surface area contributed by atoms with Crippen LogP contribution >= 0.6 is 0 Å². The number of hydrogen-bond donors (Lipinski definition) is 6. The lowest BCUT2D eigenvalue weighted by molar-refractivity contribution is -0.148. The van der Waals surface area contributed by atoms with Crippen LogP contribution in [-0.2, 0) is 10.8 Å². The minimum absolute atomic E-state index is 0.392. The molecule has 24 heavy (non-hydrogen) atoms. The van der Waals surface area contributed by atoms with Crippen LogP contribution in [0.1, 0.15) is 5.56 Å². The third-order valence-electron chi connectivity index (χ3n) is 3.79. The zero-order chi connectivity index (χ0) is 18.3. The Morgan fingerprint density at radius 2 is 1.67 bits per heavy atom. The van der Waals surface area contributed by atoms with E-state index in [1.54, 1.807) is 0 Å². The molecule has 0 aliphatic rings. The monoisotopic (exact) mass is 357 g/mol. The van der Waals surface area contributed by atoms with Gasteiger partial charge in [-0.1, -0.05) is 49.0 Å². The number of aliphatic hydroxyl groups is 5. The highest BCUT2D eigenvalue weighted by atomic mass is 28.3. The maximum absolute atomic E-state index is 11.9. The topological polar surface area (TPSA) is 130 Å². The lowest BCUT2D eigenvalue weighted by atomic mass is 10.0. The number of carbonyl (C=O) groups is 1. The molecule has 0 radical (unpaired) electrons. The van der Waals surface area contributed by atoms with E-state index in [0.29, 0.717) is 6.17 Å². The van der Waals surface area contributed by atoms with Gasteiger partial charge in [0.2, 0.25) is 0 Å². The molecule has 0 saturated carbocycles. The van der Waals surface area contributed by atoms with Crippen molar-refractivity contribution in [3.63, 3.8) is 0 Å². The number of aliphatic hydroxyl groups excluding tert-OH is 5. The first-order valence-electron chi connectivity index (χ1n) is 7.82. The van der Waals surface area contributed by atoms with Gasteiger partial charge in [-0.15, -0.1) is 0 Å². The number of amides is 1. The Hall–Kier alpha value is -1.29. The molecule has 0 saturated heterocycles. The van der Waals surface area contributed by atoms with E-state index >= 15 is 0 Å². The number of benzene rings is 1. The van der Waals surface area contributed by atoms with Gasteiger partial charge in [-0.2, -0.15) is 0 Å². The molecule has 0 aliphatic carbocycles. The van der Waals surface area contributed by atoms with Gasteiger partial charge in [0.05, 0.1) is 14.7 Å². The first-order chi connectivity index (χ1) is 11.2. The number of nitrogens with one attached hydrogen (secondary N) is 1. The van der Waals surface area contributed by atoms with E-state index in [1.807, 2.05) is 30.3 Å². The standard InChI is InChI=1S/C16H27NO6Si/c1-24(2,9-11-6-4-3-5-7-11)10-17-16(23)15(22)14(21)13(20)12(19)8-18/h3-7,12-15,18-22H,8-10H2,1-2H3,(H,17,23)/t12-,13-,14+,15-/m1/s1. The van der Waals surface area contributed by atoms with Crippen molar-refractivity contribution >= 4 is 14.0 Å². The lowest BCUT2D eigenvalue weighted by Gasteiger charge is -2.27. The van der Waals surface area contributed by atoms with Gasteiger partial charge >= 0.3 is 0 Å². The van der Waals surface area contributed by atoms with Gasteiger partial charge < -0.3 is 30.8 Å². The third-order valence-corrected chi connectivity index (χ3v) is 6.29. The largest absolute Gasteiger partial charge is 0.394 e. The molecule has 0 aromatic heterocycles. The van der Waals surface area contributed by atoms with Crippen LogP contribution in [-0.4, -0.2) is 76.7 Å². The third kappa shape index (κ3) is 6.31. The number of carbonyl (C=O) groups excluding carboxylic acids is 1. The highest BCUT2D eigenvalue weighted by molar-refractivity contribution is 6.77. The van der Waals surface area contributed by atoms with Crippen LogP contribution in [0.2, 0.25) is 13.1 Å². The molecule has 4 atom stereocenters. The van der Waals surface area contributed by atoms with E-state index < -0.39 is 45.0 Å². The van der Waals surface area contributed by atoms with Gasteiger partial charge in [-0.25, -0.2) is 0 Å². The van der Waals surface area contributed by atoms with E-state index in [4.69, 9.17) is 5.11 Å². The SMILES string of the molecule is C[Si](C)(CNC(=O)[C@H](O)[C@@H](O)[C@H](O)[C@H](O)CO)Cc1ccccc1. The maximum atomic E-state index is 11.9. The second-order valence-electron chi connectivity index (χ2n) is 6.72. The average molecular weight is 357 g/mol. The quantitative estimate of drug-likeness (QED) is 0.301. The second-order valence-corrected chi connectivity index (χ2v) is 11.8. The molecule has 1 aromatic rings. The summed E-state index contributed by atoms with van der Waals surface area (Å²) in [5.74, 6) is -0.819. The van der Waals surface area contributed by atoms with E-state index in [-0.39, 0.29) is 0 Å². The predicted molar refractivity (Wildman–Crippen MR) is 91.8 cm³/mol. The molecule has 8 heteroatoms. The predicted octanol–water partition coefficient (Wildman–Crippen LogP) is -1.43. The molecule has 0 fully saturated rings. The minimum Gasteiger partial charge on any atom is -0.394 e. The summed E-state index contributed by atoms with van der Waals surface area (Å²) in [5, 5.41) is 49.6. The smallest absolute Gasteiger partial charge is 0.251 e. The number of rotatable bonds is 9. The summed E-state index contributed by atoms with van der Waals surface area (Å²) in [5.41, 5.74) is 1.17. The molecule has 0 aliphatic heterocycles. The van der Waals surface area contributed by atoms with Crippen molar-refractivity contribution < 1.29 is 30.3 Å². The summed E-state index contributed by atoms with van der Waals surface area (Å²) >= 11 is 0. The molecule has 0 spiro atoms. The minimum atomic E-state index is -1.89. The van der Waals surface area contributed by atoms with E-state index in [1.165, 1.54) is 5.56 Å². The van der Waals surface area contributed by atoms with Crippen LogP contribution in [0, 0.1) is 0 Å². The van der Waals surface area contributed by atoms with Gasteiger partial charge in [0, 0.05) is 6.17 Å². The first kappa shape index (κ1) is 20.8. The van der Waals surface area contributed by atoms with E-state index in [9.17, 15) is 25.2 Å². The van der Waals surface area contributed by atoms with Crippen molar-refractivity contribution in [2.75, 3.05) is 12.8 Å². The van der Waals surface area contributed by atoms with Gasteiger partial charge in [-0.05, 0) is 6.04 Å². The Morgan fingerprint density at radius 1 is 1.08 bits per heavy atom. The van der Waals surface area contributed by atoms with E-state index in [2.05, 4.69) is 18.4 Å². The Labute approximate surface area is 142 Å². The maximum Gasteiger partial charge on any atom is 0.251 e. The van der Waals surface area contributed by atoms with Gasteiger partial charge in [0.15, 0.2) is 6.10 Å². The van der Waals surface area contributed by atoms with Crippen LogP contribution in [0.25, 0.3) is 0 Å². The fourth-order valence-electron chi connectivity index (χ4n) is 2.32. The zero-order valence-corrected chi connectivity index (χ0v) is 15.0. The Bertz CT molecular complexity index is 513. The van der Waals surface area contributed by atoms with Crippen LogP contribution in [0.4, 0.5) is 0 Å². The van der Waals surface area contributed by atoms with Crippen molar-refractivity contribution in [3.8, 4) is 0 Å². The fourth-order valence-corrected chi connectivity index (χ4v) is 4.44. The Balaban J connectivity index is 2.54. The zero-order valence-electron chi connectivity index (χ0n) is 14.0. The molecule has 1 aromatic carbocycles. The summed E-state index contributed by atoms with van der Waals surface area (Å²) in [6, 6.07) is 10.7. The second kappa shape index (κ2) is 9.26. The summed E-state index contributed by atoms with van der Waals surface area (Å²) in [6.45, 7) is 3.39. The molecular weight excluding hydrogens is 330 g/mol. The van der Waals surface area contributed by atoms with Crippen LogP contribution in [0.3, 0.4) is 0 Å². The summed E-state index contributed by atoms with van der Waals surface area (Å²) in [7, 11) is -1.82. The number of hydrogen-bond acceptors (Lipinski definition) is 6. The average Bonchev–Trinajstić information content (AvgIpc) is 2.57. The normalized spacial score (nSPS) is 17.0. The summed E-state index contributed by atoms with van der Waals surface area (Å²) in [6.07, 6.45) is -6.83. The Kier molecular flexibility index (Phi) is 8.00. The van der Waals surface area contributed by atoms with Gasteiger partial charge in [0.1, 0.15) is 18.3 Å². The Morgan fingerprint density at radius 3 is 2.21 bits per heavy atom. The van der Waals surface area contributed by atoms with Crippen LogP contribution < -0.4 is 5.32 Å². The molecular formula is C16H27NO6Si. The molecule has 0 unspecified atom stereocenters. The molecule has 1 amide bonds. The van der Waals surface area contributed by atoms with Crippen molar-refractivity contribution in [1.29, 1.82) is 0 Å². The van der Waals surface area contributed by atoms with Crippen molar-refractivity contribution in [2.24, 2.45) is 0 Å². The highest BCUT2D eigenvalue weighted by Gasteiger charge is 2.34. The molecule has 6 N–H and O–H groups in total. The molecule has 136 valence electrons. The first-order valence-corrected chi connectivity index (χ1v) is 11.2. The summed E-state index contributed by atoms with van der Waals surface area (Å²) < 4.78 is 0. The molecule has 7 nitrogen and oxygen atoms in total. The molecule has 1 rings (SSSR count). The summed E-state index contributed by atoms with van der Waals surface area (Å²) in [4.78, 5) is 11.9. The molecule has 0 heterocycles.